The van der Waals surface area contributed by atoms with E-state index in [2.05, 4.69) is 50.4 Å². The highest BCUT2D eigenvalue weighted by atomic mass is 32.2. The third kappa shape index (κ3) is 4.00. The second-order valence-electron chi connectivity index (χ2n) is 5.43. The fourth-order valence-electron chi connectivity index (χ4n) is 2.12. The predicted molar refractivity (Wildman–Crippen MR) is 85.9 cm³/mol. The van der Waals surface area contributed by atoms with Crippen LogP contribution in [0.15, 0.2) is 29.3 Å². The summed E-state index contributed by atoms with van der Waals surface area (Å²) in [4.78, 5) is 4.72. The Labute approximate surface area is 121 Å². The van der Waals surface area contributed by atoms with E-state index in [0.717, 1.165) is 24.6 Å². The Balaban J connectivity index is 1.97. The average molecular weight is 276 g/mol. The first-order valence-electron chi connectivity index (χ1n) is 7.18. The van der Waals surface area contributed by atoms with Gasteiger partial charge >= 0.3 is 0 Å². The van der Waals surface area contributed by atoms with Gasteiger partial charge in [0.15, 0.2) is 5.17 Å². The fourth-order valence-corrected chi connectivity index (χ4v) is 3.34. The fraction of sp³-hybridized carbons (Fsp3) is 0.562. The largest absolute Gasteiger partial charge is 0.360 e. The van der Waals surface area contributed by atoms with Gasteiger partial charge in [-0.1, -0.05) is 49.9 Å². The lowest BCUT2D eigenvalue weighted by Crippen LogP contribution is -2.48. The van der Waals surface area contributed by atoms with Gasteiger partial charge in [0.25, 0.3) is 0 Å². The summed E-state index contributed by atoms with van der Waals surface area (Å²) < 4.78 is 0. The molecule has 3 heteroatoms. The molecule has 0 spiro atoms. The minimum Gasteiger partial charge on any atom is -0.360 e. The van der Waals surface area contributed by atoms with E-state index in [-0.39, 0.29) is 5.54 Å². The zero-order valence-electron chi connectivity index (χ0n) is 12.2. The van der Waals surface area contributed by atoms with Crippen molar-refractivity contribution in [1.29, 1.82) is 0 Å². The van der Waals surface area contributed by atoms with Crippen molar-refractivity contribution < 1.29 is 0 Å². The van der Waals surface area contributed by atoms with Crippen LogP contribution in [0.5, 0.6) is 0 Å². The molecule has 0 amide bonds. The van der Waals surface area contributed by atoms with Crippen LogP contribution >= 0.6 is 11.8 Å². The Kier molecular flexibility index (Phi) is 4.92. The van der Waals surface area contributed by atoms with Gasteiger partial charge in [-0.2, -0.15) is 0 Å². The molecule has 0 bridgehead atoms. The summed E-state index contributed by atoms with van der Waals surface area (Å²) in [6.45, 7) is 7.49. The van der Waals surface area contributed by atoms with Gasteiger partial charge in [0.1, 0.15) is 0 Å². The van der Waals surface area contributed by atoms with Crippen molar-refractivity contribution in [2.45, 2.75) is 52.1 Å². The van der Waals surface area contributed by atoms with Crippen LogP contribution in [0.25, 0.3) is 0 Å². The number of nitrogens with zero attached hydrogens (tertiary/aromatic N) is 1. The maximum atomic E-state index is 4.72. The monoisotopic (exact) mass is 276 g/mol. The first-order chi connectivity index (χ1) is 9.15. The molecule has 0 saturated carbocycles. The van der Waals surface area contributed by atoms with Gasteiger partial charge < -0.3 is 5.32 Å². The smallest absolute Gasteiger partial charge is 0.157 e. The quantitative estimate of drug-likeness (QED) is 0.899. The van der Waals surface area contributed by atoms with Crippen LogP contribution in [0.3, 0.4) is 0 Å². The molecule has 1 atom stereocenters. The average Bonchev–Trinajstić information content (AvgIpc) is 2.46. The van der Waals surface area contributed by atoms with Crippen LogP contribution in [0.4, 0.5) is 0 Å². The molecule has 1 N–H and O–H groups in total. The third-order valence-corrected chi connectivity index (χ3v) is 4.83. The van der Waals surface area contributed by atoms with Gasteiger partial charge in [-0.15, -0.1) is 0 Å². The summed E-state index contributed by atoms with van der Waals surface area (Å²) in [6.07, 6.45) is 3.47. The Morgan fingerprint density at radius 3 is 2.53 bits per heavy atom. The maximum absolute atomic E-state index is 4.72. The molecule has 1 aromatic carbocycles. The molecule has 1 aliphatic heterocycles. The highest BCUT2D eigenvalue weighted by Crippen LogP contribution is 2.25. The number of benzene rings is 1. The van der Waals surface area contributed by atoms with E-state index in [1.54, 1.807) is 0 Å². The van der Waals surface area contributed by atoms with Crippen LogP contribution in [0, 0.1) is 0 Å². The van der Waals surface area contributed by atoms with Crippen molar-refractivity contribution in [3.8, 4) is 0 Å². The number of amidine groups is 1. The van der Waals surface area contributed by atoms with E-state index in [1.807, 2.05) is 11.8 Å². The molecule has 1 heterocycles. The molecular formula is C16H24N2S. The Hall–Kier alpha value is -0.960. The minimum absolute atomic E-state index is 0.232. The van der Waals surface area contributed by atoms with Gasteiger partial charge in [-0.25, -0.2) is 0 Å². The molecule has 104 valence electrons. The molecule has 1 saturated heterocycles. The lowest BCUT2D eigenvalue weighted by Gasteiger charge is -2.35. The Bertz CT molecular complexity index is 439. The van der Waals surface area contributed by atoms with Gasteiger partial charge in [0.2, 0.25) is 0 Å². The molecule has 0 aliphatic carbocycles. The third-order valence-electron chi connectivity index (χ3n) is 3.92. The highest BCUT2D eigenvalue weighted by Gasteiger charge is 2.27. The van der Waals surface area contributed by atoms with E-state index in [4.69, 9.17) is 4.99 Å². The molecule has 1 unspecified atom stereocenters. The van der Waals surface area contributed by atoms with Gasteiger partial charge in [-0.3, -0.25) is 4.99 Å². The zero-order chi connectivity index (χ0) is 13.7. The number of hydrogen-bond donors (Lipinski definition) is 1. The van der Waals surface area contributed by atoms with E-state index in [9.17, 15) is 0 Å². The molecule has 2 nitrogen and oxygen atoms in total. The summed E-state index contributed by atoms with van der Waals surface area (Å²) in [5.74, 6) is 1.17. The number of nitrogens with one attached hydrogen (secondary N) is 1. The van der Waals surface area contributed by atoms with Crippen molar-refractivity contribution in [1.82, 2.24) is 5.32 Å². The summed E-state index contributed by atoms with van der Waals surface area (Å²) in [7, 11) is 0. The second kappa shape index (κ2) is 6.47. The van der Waals surface area contributed by atoms with E-state index in [0.29, 0.717) is 0 Å². The number of rotatable bonds is 4. The maximum Gasteiger partial charge on any atom is 0.157 e. The molecule has 1 fully saturated rings. The summed E-state index contributed by atoms with van der Waals surface area (Å²) in [5, 5.41) is 4.69. The number of hydrogen-bond acceptors (Lipinski definition) is 2. The molecule has 2 rings (SSSR count). The number of aliphatic imine (C=N–C) groups is 1. The summed E-state index contributed by atoms with van der Waals surface area (Å²) in [5.41, 5.74) is 2.91. The molecule has 1 aromatic rings. The number of thioether (sulfide) groups is 1. The molecule has 0 aromatic heterocycles. The lowest BCUT2D eigenvalue weighted by molar-refractivity contribution is 0.390. The lowest BCUT2D eigenvalue weighted by atomic mass is 9.96. The van der Waals surface area contributed by atoms with Crippen molar-refractivity contribution >= 4 is 16.9 Å². The summed E-state index contributed by atoms with van der Waals surface area (Å²) >= 11 is 1.85. The normalized spacial score (nSPS) is 25.3. The van der Waals surface area contributed by atoms with Crippen molar-refractivity contribution in [2.75, 3.05) is 5.75 Å². The van der Waals surface area contributed by atoms with E-state index >= 15 is 0 Å². The van der Waals surface area contributed by atoms with Crippen LogP contribution in [0.2, 0.25) is 0 Å². The standard InChI is InChI=1S/C16H24N2S/c1-4-13-6-8-14(9-7-13)12-17-15-18-16(3,5-2)10-11-19-15/h6-9H,4-5,10-12H2,1-3H3,(H,17,18). The minimum atomic E-state index is 0.232. The second-order valence-corrected chi connectivity index (χ2v) is 6.51. The molecule has 0 radical (unpaired) electrons. The Morgan fingerprint density at radius 1 is 1.21 bits per heavy atom. The molecular weight excluding hydrogens is 252 g/mol. The van der Waals surface area contributed by atoms with E-state index in [1.165, 1.54) is 23.3 Å². The summed E-state index contributed by atoms with van der Waals surface area (Å²) in [6, 6.07) is 8.78. The highest BCUT2D eigenvalue weighted by molar-refractivity contribution is 8.13. The topological polar surface area (TPSA) is 24.4 Å². The van der Waals surface area contributed by atoms with Crippen LogP contribution < -0.4 is 5.32 Å². The van der Waals surface area contributed by atoms with E-state index < -0.39 is 0 Å². The van der Waals surface area contributed by atoms with Crippen molar-refractivity contribution in [3.05, 3.63) is 35.4 Å². The van der Waals surface area contributed by atoms with Crippen LogP contribution in [0.1, 0.15) is 44.7 Å². The molecule has 1 aliphatic rings. The first-order valence-corrected chi connectivity index (χ1v) is 8.17. The van der Waals surface area contributed by atoms with Gasteiger partial charge in [-0.05, 0) is 37.3 Å². The molecule has 19 heavy (non-hydrogen) atoms. The van der Waals surface area contributed by atoms with Crippen LogP contribution in [-0.4, -0.2) is 16.5 Å². The number of aryl methyl sites for hydroxylation is 1. The van der Waals surface area contributed by atoms with Crippen molar-refractivity contribution in [2.24, 2.45) is 4.99 Å². The van der Waals surface area contributed by atoms with Gasteiger partial charge in [0, 0.05) is 11.3 Å². The van der Waals surface area contributed by atoms with Crippen molar-refractivity contribution in [3.63, 3.8) is 0 Å². The predicted octanol–water partition coefficient (Wildman–Crippen LogP) is 4.00. The zero-order valence-corrected chi connectivity index (χ0v) is 13.0. The van der Waals surface area contributed by atoms with Gasteiger partial charge in [0.05, 0.1) is 6.54 Å². The Morgan fingerprint density at radius 2 is 1.89 bits per heavy atom. The van der Waals surface area contributed by atoms with Crippen LogP contribution in [-0.2, 0) is 13.0 Å². The SMILES string of the molecule is CCc1ccc(CN=C2NC(C)(CC)CCS2)cc1. The first kappa shape index (κ1) is 14.4.